The summed E-state index contributed by atoms with van der Waals surface area (Å²) in [6.07, 6.45) is 0. The average molecular weight is 365 g/mol. The lowest BCUT2D eigenvalue weighted by atomic mass is 10.3. The van der Waals surface area contributed by atoms with Gasteiger partial charge < -0.3 is 19.9 Å². The zero-order valence-corrected chi connectivity index (χ0v) is 14.7. The van der Waals surface area contributed by atoms with Crippen LogP contribution in [0.25, 0.3) is 0 Å². The molecule has 0 fully saturated rings. The molecule has 25 heavy (non-hydrogen) atoms. The molecule has 134 valence electrons. The number of carbonyl (C=O) groups is 1. The van der Waals surface area contributed by atoms with Gasteiger partial charge in [-0.2, -0.15) is 0 Å². The lowest BCUT2D eigenvalue weighted by Gasteiger charge is -2.12. The first kappa shape index (κ1) is 18.6. The standard InChI is InChI=1S/C17H19NO6S/c1-3-25(21,22)12-8-9-14(19)13(10-12)18-17(20)11-24-16-7-5-4-6-15(16)23-2/h4-10,19H,3,11H2,1-2H3,(H,18,20). The van der Waals surface area contributed by atoms with E-state index in [9.17, 15) is 18.3 Å². The monoisotopic (exact) mass is 365 g/mol. The number of phenols is 1. The van der Waals surface area contributed by atoms with Crippen molar-refractivity contribution in [3.05, 3.63) is 42.5 Å². The van der Waals surface area contributed by atoms with Gasteiger partial charge in [-0.3, -0.25) is 4.79 Å². The van der Waals surface area contributed by atoms with Crippen LogP contribution < -0.4 is 14.8 Å². The number of ether oxygens (including phenoxy) is 2. The lowest BCUT2D eigenvalue weighted by molar-refractivity contribution is -0.118. The number of sulfone groups is 1. The van der Waals surface area contributed by atoms with Crippen LogP contribution in [0.5, 0.6) is 17.2 Å². The molecule has 0 atom stereocenters. The molecule has 2 aromatic rings. The van der Waals surface area contributed by atoms with Crippen LogP contribution in [0.15, 0.2) is 47.4 Å². The molecule has 0 radical (unpaired) electrons. The van der Waals surface area contributed by atoms with E-state index >= 15 is 0 Å². The van der Waals surface area contributed by atoms with Crippen LogP contribution in [0.2, 0.25) is 0 Å². The molecular formula is C17H19NO6S. The number of amides is 1. The van der Waals surface area contributed by atoms with Crippen LogP contribution in [-0.2, 0) is 14.6 Å². The van der Waals surface area contributed by atoms with E-state index in [1.54, 1.807) is 24.3 Å². The molecular weight excluding hydrogens is 346 g/mol. The molecule has 0 aliphatic carbocycles. The number of nitrogens with one attached hydrogen (secondary N) is 1. The molecule has 0 heterocycles. The summed E-state index contributed by atoms with van der Waals surface area (Å²) in [7, 11) is -1.96. The van der Waals surface area contributed by atoms with E-state index < -0.39 is 15.7 Å². The van der Waals surface area contributed by atoms with Crippen LogP contribution in [0.1, 0.15) is 6.92 Å². The van der Waals surface area contributed by atoms with Gasteiger partial charge in [0.1, 0.15) is 5.75 Å². The minimum Gasteiger partial charge on any atom is -0.506 e. The van der Waals surface area contributed by atoms with E-state index in [1.165, 1.54) is 32.2 Å². The van der Waals surface area contributed by atoms with E-state index in [1.807, 2.05) is 0 Å². The van der Waals surface area contributed by atoms with Crippen molar-refractivity contribution in [3.63, 3.8) is 0 Å². The third-order valence-electron chi connectivity index (χ3n) is 3.41. The minimum absolute atomic E-state index is 0.00292. The normalized spacial score (nSPS) is 11.0. The summed E-state index contributed by atoms with van der Waals surface area (Å²) in [5, 5.41) is 12.3. The molecule has 0 aliphatic heterocycles. The van der Waals surface area contributed by atoms with Gasteiger partial charge in [0.2, 0.25) is 0 Å². The van der Waals surface area contributed by atoms with Crippen molar-refractivity contribution < 1.29 is 27.8 Å². The first-order valence-electron chi connectivity index (χ1n) is 7.49. The predicted octanol–water partition coefficient (Wildman–Crippen LogP) is 2.21. The molecule has 0 spiro atoms. The van der Waals surface area contributed by atoms with Crippen LogP contribution in [0.3, 0.4) is 0 Å². The summed E-state index contributed by atoms with van der Waals surface area (Å²) in [6.45, 7) is 1.19. The Morgan fingerprint density at radius 1 is 1.16 bits per heavy atom. The van der Waals surface area contributed by atoms with Gasteiger partial charge in [0.05, 0.1) is 23.4 Å². The molecule has 0 aliphatic rings. The van der Waals surface area contributed by atoms with Crippen LogP contribution in [0, 0.1) is 0 Å². The second kappa shape index (κ2) is 7.89. The SMILES string of the molecule is CCS(=O)(=O)c1ccc(O)c(NC(=O)COc2ccccc2OC)c1. The first-order chi connectivity index (χ1) is 11.9. The number of anilines is 1. The summed E-state index contributed by atoms with van der Waals surface area (Å²) in [5.74, 6) is 0.0102. The molecule has 8 heteroatoms. The third kappa shape index (κ3) is 4.63. The molecule has 2 rings (SSSR count). The number of benzene rings is 2. The highest BCUT2D eigenvalue weighted by atomic mass is 32.2. The van der Waals surface area contributed by atoms with Gasteiger partial charge in [0.15, 0.2) is 27.9 Å². The Morgan fingerprint density at radius 3 is 2.48 bits per heavy atom. The van der Waals surface area contributed by atoms with Crippen molar-refractivity contribution in [1.29, 1.82) is 0 Å². The summed E-state index contributed by atoms with van der Waals surface area (Å²) in [5.41, 5.74) is 0.00292. The van der Waals surface area contributed by atoms with Crippen molar-refractivity contribution in [2.75, 3.05) is 24.8 Å². The second-order valence-corrected chi connectivity index (χ2v) is 7.35. The van der Waals surface area contributed by atoms with Crippen LogP contribution in [0.4, 0.5) is 5.69 Å². The van der Waals surface area contributed by atoms with Crippen LogP contribution in [-0.4, -0.2) is 38.9 Å². The largest absolute Gasteiger partial charge is 0.506 e. The third-order valence-corrected chi connectivity index (χ3v) is 5.14. The van der Waals surface area contributed by atoms with E-state index in [0.29, 0.717) is 11.5 Å². The Kier molecular flexibility index (Phi) is 5.87. The Balaban J connectivity index is 2.09. The van der Waals surface area contributed by atoms with E-state index in [0.717, 1.165) is 0 Å². The van der Waals surface area contributed by atoms with Crippen molar-refractivity contribution in [1.82, 2.24) is 0 Å². The van der Waals surface area contributed by atoms with E-state index in [4.69, 9.17) is 9.47 Å². The molecule has 7 nitrogen and oxygen atoms in total. The van der Waals surface area contributed by atoms with Gasteiger partial charge in [-0.25, -0.2) is 8.42 Å². The van der Waals surface area contributed by atoms with Gasteiger partial charge >= 0.3 is 0 Å². The zero-order valence-electron chi connectivity index (χ0n) is 13.9. The number of aromatic hydroxyl groups is 1. The smallest absolute Gasteiger partial charge is 0.262 e. The quantitative estimate of drug-likeness (QED) is 0.730. The molecule has 2 N–H and O–H groups in total. The van der Waals surface area contributed by atoms with Gasteiger partial charge in [0, 0.05) is 0 Å². The minimum atomic E-state index is -3.45. The number of methoxy groups -OCH3 is 1. The van der Waals surface area contributed by atoms with E-state index in [-0.39, 0.29) is 28.7 Å². The Hall–Kier alpha value is -2.74. The van der Waals surface area contributed by atoms with Gasteiger partial charge in [0.25, 0.3) is 5.91 Å². The van der Waals surface area contributed by atoms with Crippen LogP contribution >= 0.6 is 0 Å². The van der Waals surface area contributed by atoms with Crippen molar-refractivity contribution in [3.8, 4) is 17.2 Å². The Labute approximate surface area is 146 Å². The Bertz CT molecular complexity index is 863. The molecule has 0 bridgehead atoms. The molecule has 1 amide bonds. The van der Waals surface area contributed by atoms with Gasteiger partial charge in [-0.05, 0) is 30.3 Å². The van der Waals surface area contributed by atoms with Gasteiger partial charge in [-0.1, -0.05) is 19.1 Å². The zero-order chi connectivity index (χ0) is 18.4. The predicted molar refractivity (Wildman–Crippen MR) is 93.0 cm³/mol. The fourth-order valence-corrected chi connectivity index (χ4v) is 2.95. The first-order valence-corrected chi connectivity index (χ1v) is 9.14. The van der Waals surface area contributed by atoms with E-state index in [2.05, 4.69) is 5.32 Å². The molecule has 0 saturated carbocycles. The number of hydrogen-bond acceptors (Lipinski definition) is 6. The highest BCUT2D eigenvalue weighted by molar-refractivity contribution is 7.91. The lowest BCUT2D eigenvalue weighted by Crippen LogP contribution is -2.20. The maximum absolute atomic E-state index is 12.0. The Morgan fingerprint density at radius 2 is 1.84 bits per heavy atom. The van der Waals surface area contributed by atoms with Crippen molar-refractivity contribution >= 4 is 21.4 Å². The molecule has 2 aromatic carbocycles. The summed E-state index contributed by atoms with van der Waals surface area (Å²) in [6, 6.07) is 10.6. The maximum Gasteiger partial charge on any atom is 0.262 e. The summed E-state index contributed by atoms with van der Waals surface area (Å²) >= 11 is 0. The maximum atomic E-state index is 12.0. The molecule has 0 aromatic heterocycles. The van der Waals surface area contributed by atoms with Crippen molar-refractivity contribution in [2.45, 2.75) is 11.8 Å². The number of rotatable bonds is 7. The number of carbonyl (C=O) groups excluding carboxylic acids is 1. The summed E-state index contributed by atoms with van der Waals surface area (Å²) in [4.78, 5) is 12.1. The fraction of sp³-hybridized carbons (Fsp3) is 0.235. The second-order valence-electron chi connectivity index (χ2n) is 5.07. The number of para-hydroxylation sites is 2. The van der Waals surface area contributed by atoms with Gasteiger partial charge in [-0.15, -0.1) is 0 Å². The highest BCUT2D eigenvalue weighted by Crippen LogP contribution is 2.28. The molecule has 0 unspecified atom stereocenters. The topological polar surface area (TPSA) is 102 Å². The van der Waals surface area contributed by atoms with Crippen molar-refractivity contribution in [2.24, 2.45) is 0 Å². The summed E-state index contributed by atoms with van der Waals surface area (Å²) < 4.78 is 34.3. The molecule has 0 saturated heterocycles. The number of hydrogen-bond donors (Lipinski definition) is 2. The highest BCUT2D eigenvalue weighted by Gasteiger charge is 2.15. The number of phenolic OH excluding ortho intramolecular Hbond substituents is 1. The fourth-order valence-electron chi connectivity index (χ4n) is 2.04. The average Bonchev–Trinajstić information content (AvgIpc) is 2.61.